The van der Waals surface area contributed by atoms with Crippen LogP contribution in [0.15, 0.2) is 23.0 Å². The first-order valence-corrected chi connectivity index (χ1v) is 15.0. The third-order valence-electron chi connectivity index (χ3n) is 9.95. The minimum atomic E-state index is -1.89. The molecule has 0 aromatic carbocycles. The average Bonchev–Trinajstić information content (AvgIpc) is 2.98. The lowest BCUT2D eigenvalue weighted by Crippen LogP contribution is -2.62. The topological polar surface area (TPSA) is 34.9 Å². The van der Waals surface area contributed by atoms with E-state index in [1.54, 1.807) is 6.26 Å². The molecule has 1 aromatic heterocycles. The fourth-order valence-electron chi connectivity index (χ4n) is 7.00. The Kier molecular flexibility index (Phi) is 5.06. The molecule has 3 fully saturated rings. The van der Waals surface area contributed by atoms with E-state index in [2.05, 4.69) is 67.6 Å². The normalized spacial score (nSPS) is 40.6. The monoisotopic (exact) mass is 432 g/mol. The maximum absolute atomic E-state index is 7.14. The molecule has 0 amide bonds. The largest absolute Gasteiger partial charge is 0.472 e. The molecule has 0 spiro atoms. The fourth-order valence-corrected chi connectivity index (χ4v) is 8.39. The van der Waals surface area contributed by atoms with Gasteiger partial charge in [0.15, 0.2) is 8.32 Å². The molecule has 5 atom stereocenters. The lowest BCUT2D eigenvalue weighted by molar-refractivity contribution is -0.0972. The van der Waals surface area contributed by atoms with Crippen molar-refractivity contribution in [1.29, 1.82) is 0 Å². The summed E-state index contributed by atoms with van der Waals surface area (Å²) in [5, 5.41) is 0.209. The van der Waals surface area contributed by atoms with Crippen molar-refractivity contribution in [3.63, 3.8) is 0 Å². The van der Waals surface area contributed by atoms with Crippen LogP contribution >= 0.6 is 0 Å². The first-order chi connectivity index (χ1) is 13.7. The van der Waals surface area contributed by atoms with Gasteiger partial charge in [0.1, 0.15) is 11.2 Å². The van der Waals surface area contributed by atoms with E-state index >= 15 is 0 Å². The molecule has 30 heavy (non-hydrogen) atoms. The van der Waals surface area contributed by atoms with Crippen molar-refractivity contribution < 1.29 is 13.6 Å². The Balaban J connectivity index is 1.70. The van der Waals surface area contributed by atoms with Gasteiger partial charge in [-0.1, -0.05) is 48.0 Å². The molecule has 1 aliphatic heterocycles. The zero-order valence-corrected chi connectivity index (χ0v) is 21.9. The quantitative estimate of drug-likeness (QED) is 0.360. The van der Waals surface area contributed by atoms with E-state index in [4.69, 9.17) is 13.6 Å². The molecule has 2 aliphatic carbocycles. The number of furan rings is 1. The van der Waals surface area contributed by atoms with Crippen LogP contribution in [-0.2, 0) is 15.6 Å². The van der Waals surface area contributed by atoms with Gasteiger partial charge in [-0.2, -0.15) is 0 Å². The molecule has 1 saturated heterocycles. The van der Waals surface area contributed by atoms with E-state index in [-0.39, 0.29) is 27.8 Å². The number of rotatable bonds is 5. The molecule has 0 radical (unpaired) electrons. The van der Waals surface area contributed by atoms with Gasteiger partial charge >= 0.3 is 0 Å². The predicted octanol–water partition coefficient (Wildman–Crippen LogP) is 7.37. The summed E-state index contributed by atoms with van der Waals surface area (Å²) in [6, 6.07) is 2.10. The van der Waals surface area contributed by atoms with Gasteiger partial charge in [-0.05, 0) is 80.1 Å². The maximum Gasteiger partial charge on any atom is 0.192 e. The molecular formula is C26H44O3Si. The zero-order chi connectivity index (χ0) is 22.2. The van der Waals surface area contributed by atoms with Gasteiger partial charge in [-0.3, -0.25) is 0 Å². The summed E-state index contributed by atoms with van der Waals surface area (Å²) in [6.07, 6.45) is 11.0. The Morgan fingerprint density at radius 2 is 1.83 bits per heavy atom. The number of hydrogen-bond acceptors (Lipinski definition) is 3. The highest BCUT2D eigenvalue weighted by Gasteiger charge is 2.82. The Bertz CT molecular complexity index is 777. The Morgan fingerprint density at radius 1 is 1.13 bits per heavy atom. The number of epoxide rings is 1. The standard InChI is InChI=1S/C26H44O3Si/c1-22(2,3)30(8,9)28-21-17-20-23(4,5)13-10-14-24(20,6)26(25(21,7)29-26)15-11-19-12-16-27-18-19/h12,16,18,20-21H,10-11,13-15,17H2,1-9H3/t20-,21-,24-,25-,26+/m0/s1. The lowest BCUT2D eigenvalue weighted by Gasteiger charge is -2.59. The molecule has 3 nitrogen and oxygen atoms in total. The van der Waals surface area contributed by atoms with Gasteiger partial charge in [0.05, 0.1) is 18.6 Å². The highest BCUT2D eigenvalue weighted by Crippen LogP contribution is 2.75. The summed E-state index contributed by atoms with van der Waals surface area (Å²) in [5.41, 5.74) is 1.55. The predicted molar refractivity (Wildman–Crippen MR) is 125 cm³/mol. The van der Waals surface area contributed by atoms with E-state index in [1.165, 1.54) is 24.8 Å². The molecular weight excluding hydrogens is 388 g/mol. The molecule has 1 aromatic rings. The van der Waals surface area contributed by atoms with Crippen LogP contribution in [0.5, 0.6) is 0 Å². The highest BCUT2D eigenvalue weighted by molar-refractivity contribution is 6.74. The summed E-state index contributed by atoms with van der Waals surface area (Å²) >= 11 is 0. The van der Waals surface area contributed by atoms with Gasteiger partial charge in [0.25, 0.3) is 0 Å². The minimum Gasteiger partial charge on any atom is -0.472 e. The van der Waals surface area contributed by atoms with Crippen LogP contribution < -0.4 is 0 Å². The van der Waals surface area contributed by atoms with Crippen molar-refractivity contribution in [2.45, 2.75) is 122 Å². The van der Waals surface area contributed by atoms with Crippen molar-refractivity contribution >= 4 is 8.32 Å². The smallest absolute Gasteiger partial charge is 0.192 e. The van der Waals surface area contributed by atoms with Gasteiger partial charge < -0.3 is 13.6 Å². The third kappa shape index (κ3) is 3.11. The second-order valence-corrected chi connectivity index (χ2v) is 17.8. The molecule has 2 heterocycles. The van der Waals surface area contributed by atoms with Crippen LogP contribution in [0.2, 0.25) is 18.1 Å². The number of fused-ring (bicyclic) bond motifs is 3. The molecule has 4 rings (SSSR count). The van der Waals surface area contributed by atoms with Crippen LogP contribution in [-0.4, -0.2) is 25.6 Å². The SMILES string of the molecule is CC1(C)CCC[C@@]2(C)[C@H]1C[C@H](O[Si](C)(C)C(C)(C)C)[C@]1(C)O[C@]21CCc1ccoc1. The summed E-state index contributed by atoms with van der Waals surface area (Å²) in [7, 11) is -1.89. The summed E-state index contributed by atoms with van der Waals surface area (Å²) < 4.78 is 19.5. The Labute approximate surface area is 185 Å². The summed E-state index contributed by atoms with van der Waals surface area (Å²) in [4.78, 5) is 0. The average molecular weight is 433 g/mol. The second-order valence-electron chi connectivity index (χ2n) is 13.1. The van der Waals surface area contributed by atoms with Gasteiger partial charge in [0, 0.05) is 5.41 Å². The molecule has 2 saturated carbocycles. The van der Waals surface area contributed by atoms with E-state index in [0.717, 1.165) is 19.3 Å². The first kappa shape index (κ1) is 22.6. The van der Waals surface area contributed by atoms with Crippen molar-refractivity contribution in [2.24, 2.45) is 16.7 Å². The molecule has 3 aliphatic rings. The summed E-state index contributed by atoms with van der Waals surface area (Å²) in [5.74, 6) is 0.633. The first-order valence-electron chi connectivity index (χ1n) is 12.1. The lowest BCUT2D eigenvalue weighted by atomic mass is 9.45. The molecule has 0 N–H and O–H groups in total. The molecule has 0 bridgehead atoms. The van der Waals surface area contributed by atoms with E-state index in [9.17, 15) is 0 Å². The highest BCUT2D eigenvalue weighted by atomic mass is 28.4. The van der Waals surface area contributed by atoms with Crippen molar-refractivity contribution in [1.82, 2.24) is 0 Å². The van der Waals surface area contributed by atoms with Crippen LogP contribution in [0.4, 0.5) is 0 Å². The van der Waals surface area contributed by atoms with Crippen molar-refractivity contribution in [3.8, 4) is 0 Å². The van der Waals surface area contributed by atoms with E-state index < -0.39 is 8.32 Å². The van der Waals surface area contributed by atoms with Crippen LogP contribution in [0.1, 0.15) is 86.1 Å². The van der Waals surface area contributed by atoms with Crippen LogP contribution in [0.3, 0.4) is 0 Å². The van der Waals surface area contributed by atoms with Crippen LogP contribution in [0.25, 0.3) is 0 Å². The number of aryl methyl sites for hydroxylation is 1. The van der Waals surface area contributed by atoms with Gasteiger partial charge in [-0.25, -0.2) is 0 Å². The van der Waals surface area contributed by atoms with Crippen molar-refractivity contribution in [2.75, 3.05) is 0 Å². The van der Waals surface area contributed by atoms with Crippen molar-refractivity contribution in [3.05, 3.63) is 24.2 Å². The molecule has 0 unspecified atom stereocenters. The van der Waals surface area contributed by atoms with E-state index in [0.29, 0.717) is 11.3 Å². The Hall–Kier alpha value is -0.583. The fraction of sp³-hybridized carbons (Fsp3) is 0.846. The van der Waals surface area contributed by atoms with Gasteiger partial charge in [-0.15, -0.1) is 0 Å². The minimum absolute atomic E-state index is 0.0924. The third-order valence-corrected chi connectivity index (χ3v) is 14.4. The van der Waals surface area contributed by atoms with E-state index in [1.807, 2.05) is 6.26 Å². The zero-order valence-electron chi connectivity index (χ0n) is 20.9. The van der Waals surface area contributed by atoms with Crippen LogP contribution in [0, 0.1) is 16.7 Å². The molecule has 4 heteroatoms. The second kappa shape index (κ2) is 6.71. The number of ether oxygens (including phenoxy) is 1. The molecule has 170 valence electrons. The number of hydrogen-bond donors (Lipinski definition) is 0. The maximum atomic E-state index is 7.14. The Morgan fingerprint density at radius 3 is 2.43 bits per heavy atom. The van der Waals surface area contributed by atoms with Gasteiger partial charge in [0.2, 0.25) is 0 Å². The summed E-state index contributed by atoms with van der Waals surface area (Å²) in [6.45, 7) is 21.7.